The Morgan fingerprint density at radius 2 is 1.92 bits per heavy atom. The summed E-state index contributed by atoms with van der Waals surface area (Å²) < 4.78 is 6.81. The van der Waals surface area contributed by atoms with Gasteiger partial charge in [0.15, 0.2) is 5.82 Å². The second kappa shape index (κ2) is 5.75. The molecule has 0 aliphatic carbocycles. The van der Waals surface area contributed by atoms with Crippen LogP contribution in [0.5, 0.6) is 5.88 Å². The Balaban J connectivity index is 2.11. The van der Waals surface area contributed by atoms with Crippen LogP contribution in [0.1, 0.15) is 0 Å². The van der Waals surface area contributed by atoms with Gasteiger partial charge in [-0.25, -0.2) is 9.78 Å². The van der Waals surface area contributed by atoms with Crippen molar-refractivity contribution < 1.29 is 14.6 Å². The molecule has 0 aliphatic heterocycles. The van der Waals surface area contributed by atoms with Gasteiger partial charge in [-0.05, 0) is 12.1 Å². The molecule has 2 aromatic heterocycles. The first-order valence-corrected chi connectivity index (χ1v) is 7.84. The van der Waals surface area contributed by atoms with E-state index in [0.29, 0.717) is 21.9 Å². The normalized spacial score (nSPS) is 11.1. The topological polar surface area (TPSA) is 77.2 Å². The summed E-state index contributed by atoms with van der Waals surface area (Å²) in [6.07, 6.45) is -1.43. The minimum atomic E-state index is -1.43. The Morgan fingerprint density at radius 1 is 1.16 bits per heavy atom. The van der Waals surface area contributed by atoms with Crippen LogP contribution in [0.4, 0.5) is 4.79 Å². The number of rotatable bonds is 2. The fourth-order valence-corrected chi connectivity index (χ4v) is 3.05. The van der Waals surface area contributed by atoms with Crippen molar-refractivity contribution >= 4 is 39.7 Å². The van der Waals surface area contributed by atoms with E-state index in [1.807, 2.05) is 41.9 Å². The number of hydrogen-bond donors (Lipinski definition) is 1. The van der Waals surface area contributed by atoms with E-state index in [2.05, 4.69) is 9.97 Å². The number of ether oxygens (including phenoxy) is 1. The minimum Gasteiger partial charge on any atom is -0.449 e. The average molecular weight is 354 g/mol. The maximum absolute atomic E-state index is 11.1. The largest absolute Gasteiger partial charge is 0.512 e. The van der Waals surface area contributed by atoms with Crippen LogP contribution in [0.25, 0.3) is 33.3 Å². The van der Waals surface area contributed by atoms with Crippen LogP contribution in [0.3, 0.4) is 0 Å². The first-order chi connectivity index (χ1) is 12.0. The van der Waals surface area contributed by atoms with Crippen LogP contribution in [0, 0.1) is 0 Å². The van der Waals surface area contributed by atoms with Crippen LogP contribution in [-0.4, -0.2) is 25.8 Å². The first kappa shape index (κ1) is 15.4. The molecule has 0 atom stereocenters. The Kier molecular flexibility index (Phi) is 3.54. The molecule has 1 N–H and O–H groups in total. The Labute approximate surface area is 147 Å². The van der Waals surface area contributed by atoms with Gasteiger partial charge in [0, 0.05) is 23.0 Å². The van der Waals surface area contributed by atoms with Crippen LogP contribution in [0.15, 0.2) is 48.5 Å². The van der Waals surface area contributed by atoms with Crippen molar-refractivity contribution in [3.63, 3.8) is 0 Å². The zero-order valence-electron chi connectivity index (χ0n) is 13.1. The number of benzene rings is 2. The number of carboxylic acid groups (broad SMARTS) is 1. The van der Waals surface area contributed by atoms with Gasteiger partial charge in [0.05, 0.1) is 10.9 Å². The summed E-state index contributed by atoms with van der Waals surface area (Å²) in [4.78, 5) is 20.1. The summed E-state index contributed by atoms with van der Waals surface area (Å²) in [6.45, 7) is 0. The second-order valence-corrected chi connectivity index (χ2v) is 5.94. The second-order valence-electron chi connectivity index (χ2n) is 5.51. The van der Waals surface area contributed by atoms with E-state index >= 15 is 0 Å². The lowest BCUT2D eigenvalue weighted by molar-refractivity contribution is 0.143. The number of fused-ring (bicyclic) bond motifs is 3. The molecule has 0 saturated carbocycles. The smallest absolute Gasteiger partial charge is 0.449 e. The zero-order valence-corrected chi connectivity index (χ0v) is 13.9. The SMILES string of the molecule is Cn1c2cc(Cl)ccc2c2c(OC(=O)O)nc(-c3ccccc3)nc21. The lowest BCUT2D eigenvalue weighted by Crippen LogP contribution is -2.06. The van der Waals surface area contributed by atoms with Gasteiger partial charge in [-0.15, -0.1) is 0 Å². The van der Waals surface area contributed by atoms with Gasteiger partial charge in [-0.1, -0.05) is 48.0 Å². The molecule has 0 aliphatic rings. The van der Waals surface area contributed by atoms with Gasteiger partial charge < -0.3 is 14.4 Å². The molecule has 124 valence electrons. The summed E-state index contributed by atoms with van der Waals surface area (Å²) in [6, 6.07) is 14.7. The Morgan fingerprint density at radius 3 is 2.64 bits per heavy atom. The molecule has 0 saturated heterocycles. The number of hydrogen-bond acceptors (Lipinski definition) is 4. The van der Waals surface area contributed by atoms with Gasteiger partial charge in [0.25, 0.3) is 0 Å². The third-order valence-corrected chi connectivity index (χ3v) is 4.22. The molecular weight excluding hydrogens is 342 g/mol. The van der Waals surface area contributed by atoms with Crippen molar-refractivity contribution in [1.29, 1.82) is 0 Å². The summed E-state index contributed by atoms with van der Waals surface area (Å²) in [5.74, 6) is 0.394. The van der Waals surface area contributed by atoms with Crippen molar-refractivity contribution in [3.8, 4) is 17.3 Å². The Hall–Kier alpha value is -3.12. The van der Waals surface area contributed by atoms with Crippen LogP contribution in [0.2, 0.25) is 5.02 Å². The maximum atomic E-state index is 11.1. The summed E-state index contributed by atoms with van der Waals surface area (Å²) in [7, 11) is 1.84. The summed E-state index contributed by atoms with van der Waals surface area (Å²) in [5.41, 5.74) is 2.16. The summed E-state index contributed by atoms with van der Waals surface area (Å²) >= 11 is 6.09. The van der Waals surface area contributed by atoms with Crippen molar-refractivity contribution in [3.05, 3.63) is 53.6 Å². The molecule has 6 nitrogen and oxygen atoms in total. The summed E-state index contributed by atoms with van der Waals surface area (Å²) in [5, 5.41) is 11.0. The fourth-order valence-electron chi connectivity index (χ4n) is 2.89. The molecule has 0 unspecified atom stereocenters. The molecule has 2 heterocycles. The van der Waals surface area contributed by atoms with Gasteiger partial charge in [-0.2, -0.15) is 4.98 Å². The van der Waals surface area contributed by atoms with E-state index in [9.17, 15) is 4.79 Å². The predicted molar refractivity (Wildman–Crippen MR) is 95.1 cm³/mol. The molecule has 4 aromatic rings. The molecule has 7 heteroatoms. The number of aryl methyl sites for hydroxylation is 1. The third kappa shape index (κ3) is 2.56. The Bertz CT molecular complexity index is 1120. The van der Waals surface area contributed by atoms with E-state index in [-0.39, 0.29) is 5.88 Å². The van der Waals surface area contributed by atoms with E-state index in [1.165, 1.54) is 0 Å². The van der Waals surface area contributed by atoms with Crippen LogP contribution < -0.4 is 4.74 Å². The number of carbonyl (C=O) groups is 1. The van der Waals surface area contributed by atoms with Gasteiger partial charge in [-0.3, -0.25) is 0 Å². The van der Waals surface area contributed by atoms with Gasteiger partial charge in [0.1, 0.15) is 5.65 Å². The third-order valence-electron chi connectivity index (χ3n) is 3.98. The monoisotopic (exact) mass is 353 g/mol. The lowest BCUT2D eigenvalue weighted by atomic mass is 10.2. The molecule has 2 aromatic carbocycles. The van der Waals surface area contributed by atoms with Gasteiger partial charge >= 0.3 is 6.16 Å². The number of halogens is 1. The van der Waals surface area contributed by atoms with E-state index in [1.54, 1.807) is 18.2 Å². The lowest BCUT2D eigenvalue weighted by Gasteiger charge is -2.06. The average Bonchev–Trinajstić information content (AvgIpc) is 2.88. The highest BCUT2D eigenvalue weighted by molar-refractivity contribution is 6.31. The molecule has 0 amide bonds. The fraction of sp³-hybridized carbons (Fsp3) is 0.0556. The first-order valence-electron chi connectivity index (χ1n) is 7.46. The van der Waals surface area contributed by atoms with E-state index in [4.69, 9.17) is 21.4 Å². The molecular formula is C18H12ClN3O3. The standard InChI is InChI=1S/C18H12ClN3O3/c1-22-13-9-11(19)7-8-12(13)14-16(22)20-15(10-5-3-2-4-6-10)21-17(14)25-18(23)24/h2-9H,1H3,(H,23,24). The molecule has 0 radical (unpaired) electrons. The molecule has 25 heavy (non-hydrogen) atoms. The quantitative estimate of drug-likeness (QED) is 0.537. The highest BCUT2D eigenvalue weighted by Gasteiger charge is 2.20. The van der Waals surface area contributed by atoms with Crippen LogP contribution in [-0.2, 0) is 7.05 Å². The molecule has 0 fully saturated rings. The van der Waals surface area contributed by atoms with Crippen molar-refractivity contribution in [2.24, 2.45) is 7.05 Å². The molecule has 4 rings (SSSR count). The van der Waals surface area contributed by atoms with Gasteiger partial charge in [0.2, 0.25) is 5.88 Å². The number of aromatic nitrogens is 3. The van der Waals surface area contributed by atoms with Crippen molar-refractivity contribution in [2.45, 2.75) is 0 Å². The molecule has 0 bridgehead atoms. The van der Waals surface area contributed by atoms with E-state index in [0.717, 1.165) is 16.5 Å². The molecule has 0 spiro atoms. The van der Waals surface area contributed by atoms with Crippen molar-refractivity contribution in [2.75, 3.05) is 0 Å². The number of nitrogens with zero attached hydrogens (tertiary/aromatic N) is 3. The maximum Gasteiger partial charge on any atom is 0.512 e. The van der Waals surface area contributed by atoms with E-state index < -0.39 is 6.16 Å². The van der Waals surface area contributed by atoms with Crippen LogP contribution >= 0.6 is 11.6 Å². The van der Waals surface area contributed by atoms with Crippen molar-refractivity contribution in [1.82, 2.24) is 14.5 Å². The highest BCUT2D eigenvalue weighted by atomic mass is 35.5. The minimum absolute atomic E-state index is 0.00396. The highest BCUT2D eigenvalue weighted by Crippen LogP contribution is 2.35. The predicted octanol–water partition coefficient (Wildman–Crippen LogP) is 4.50. The zero-order chi connectivity index (χ0) is 17.6.